The van der Waals surface area contributed by atoms with E-state index in [1.807, 2.05) is 0 Å². The van der Waals surface area contributed by atoms with Gasteiger partial charge in [0.2, 0.25) is 0 Å². The lowest BCUT2D eigenvalue weighted by Gasteiger charge is -2.29. The van der Waals surface area contributed by atoms with Gasteiger partial charge >= 0.3 is 0 Å². The summed E-state index contributed by atoms with van der Waals surface area (Å²) in [5, 5.41) is 9.02. The van der Waals surface area contributed by atoms with Gasteiger partial charge in [-0.25, -0.2) is 0 Å². The van der Waals surface area contributed by atoms with Gasteiger partial charge in [0.15, 0.2) is 0 Å². The molecule has 2 aromatic heterocycles. The number of hydrogen-bond donors (Lipinski definition) is 1. The van der Waals surface area contributed by atoms with Crippen LogP contribution in [-0.2, 0) is 0 Å². The van der Waals surface area contributed by atoms with Crippen LogP contribution in [0.2, 0.25) is 0 Å². The van der Waals surface area contributed by atoms with Crippen LogP contribution in [0.25, 0.3) is 77.1 Å². The van der Waals surface area contributed by atoms with Crippen LogP contribution in [0.3, 0.4) is 0 Å². The first-order valence-corrected chi connectivity index (χ1v) is 16.7. The summed E-state index contributed by atoms with van der Waals surface area (Å²) in [5.74, 6) is 0. The first-order chi connectivity index (χ1) is 23.8. The van der Waals surface area contributed by atoms with E-state index in [4.69, 9.17) is 0 Å². The lowest BCUT2D eigenvalue weighted by molar-refractivity contribution is 0.722. The van der Waals surface area contributed by atoms with E-state index < -0.39 is 0 Å². The highest BCUT2D eigenvalue weighted by Crippen LogP contribution is 2.49. The van der Waals surface area contributed by atoms with Crippen LogP contribution >= 0.6 is 0 Å². The van der Waals surface area contributed by atoms with Gasteiger partial charge in [0.25, 0.3) is 0 Å². The summed E-state index contributed by atoms with van der Waals surface area (Å²) in [6, 6.07) is 57.8. The molecular weight excluding hydrogens is 583 g/mol. The Hall–Kier alpha value is -6.32. The van der Waals surface area contributed by atoms with E-state index in [1.165, 1.54) is 88.3 Å². The summed E-state index contributed by atoms with van der Waals surface area (Å²) in [6.45, 7) is 0. The molecule has 1 N–H and O–H groups in total. The fraction of sp³-hybridized carbons (Fsp3) is 0.0222. The highest BCUT2D eigenvalue weighted by atomic mass is 15.2. The van der Waals surface area contributed by atoms with Crippen LogP contribution in [0.15, 0.2) is 164 Å². The molecular formula is C45H29N3. The van der Waals surface area contributed by atoms with E-state index >= 15 is 0 Å². The monoisotopic (exact) mass is 611 g/mol. The molecule has 2 aliphatic rings. The van der Waals surface area contributed by atoms with Crippen molar-refractivity contribution in [1.82, 2.24) is 9.13 Å². The summed E-state index contributed by atoms with van der Waals surface area (Å²) < 4.78 is 4.99. The molecule has 48 heavy (non-hydrogen) atoms. The minimum atomic E-state index is -0.0854. The summed E-state index contributed by atoms with van der Waals surface area (Å²) in [7, 11) is 0. The Bertz CT molecular complexity index is 2810. The van der Waals surface area contributed by atoms with E-state index in [0.717, 1.165) is 5.69 Å². The number of aromatic nitrogens is 2. The van der Waals surface area contributed by atoms with Crippen molar-refractivity contribution in [2.24, 2.45) is 0 Å². The van der Waals surface area contributed by atoms with Gasteiger partial charge in [0, 0.05) is 43.9 Å². The molecule has 0 fully saturated rings. The second-order valence-electron chi connectivity index (χ2n) is 13.0. The second-order valence-corrected chi connectivity index (χ2v) is 13.0. The highest BCUT2D eigenvalue weighted by molar-refractivity contribution is 6.19. The first-order valence-electron chi connectivity index (χ1n) is 16.7. The molecule has 1 atom stereocenters. The Balaban J connectivity index is 1.25. The van der Waals surface area contributed by atoms with Crippen LogP contribution in [0.5, 0.6) is 0 Å². The normalized spacial score (nSPS) is 14.8. The summed E-state index contributed by atoms with van der Waals surface area (Å²) in [5.41, 5.74) is 16.0. The topological polar surface area (TPSA) is 21.9 Å². The van der Waals surface area contributed by atoms with Crippen molar-refractivity contribution in [3.8, 4) is 27.9 Å². The molecule has 1 unspecified atom stereocenters. The van der Waals surface area contributed by atoms with Crippen LogP contribution in [-0.4, -0.2) is 9.13 Å². The summed E-state index contributed by atoms with van der Waals surface area (Å²) >= 11 is 0. The number of nitrogens with zero attached hydrogens (tertiary/aromatic N) is 2. The molecule has 9 aromatic rings. The number of nitrogens with one attached hydrogen (secondary N) is 1. The lowest BCUT2D eigenvalue weighted by atomic mass is 9.91. The Morgan fingerprint density at radius 1 is 0.438 bits per heavy atom. The quantitative estimate of drug-likeness (QED) is 0.206. The highest BCUT2D eigenvalue weighted by Gasteiger charge is 2.28. The molecule has 0 saturated heterocycles. The van der Waals surface area contributed by atoms with Crippen molar-refractivity contribution in [2.75, 3.05) is 5.32 Å². The van der Waals surface area contributed by atoms with Crippen LogP contribution < -0.4 is 5.32 Å². The molecule has 224 valence electrons. The van der Waals surface area contributed by atoms with E-state index in [-0.39, 0.29) is 6.17 Å². The zero-order valence-corrected chi connectivity index (χ0v) is 26.1. The smallest absolute Gasteiger partial charge is 0.124 e. The Morgan fingerprint density at radius 2 is 1.08 bits per heavy atom. The predicted molar refractivity (Wildman–Crippen MR) is 201 cm³/mol. The van der Waals surface area contributed by atoms with Crippen molar-refractivity contribution in [3.05, 3.63) is 175 Å². The molecule has 2 aliphatic heterocycles. The number of para-hydroxylation sites is 5. The van der Waals surface area contributed by atoms with Crippen molar-refractivity contribution in [1.29, 1.82) is 0 Å². The van der Waals surface area contributed by atoms with Crippen molar-refractivity contribution in [2.45, 2.75) is 6.17 Å². The van der Waals surface area contributed by atoms with Gasteiger partial charge in [-0.05, 0) is 64.7 Å². The van der Waals surface area contributed by atoms with Crippen LogP contribution in [0.1, 0.15) is 17.3 Å². The molecule has 0 spiro atoms. The van der Waals surface area contributed by atoms with E-state index in [2.05, 4.69) is 178 Å². The minimum absolute atomic E-state index is 0.0854. The van der Waals surface area contributed by atoms with Crippen LogP contribution in [0, 0.1) is 0 Å². The third-order valence-electron chi connectivity index (χ3n) is 10.5. The van der Waals surface area contributed by atoms with Crippen LogP contribution in [0.4, 0.5) is 5.69 Å². The Morgan fingerprint density at radius 3 is 1.96 bits per heavy atom. The van der Waals surface area contributed by atoms with Crippen molar-refractivity contribution >= 4 is 54.9 Å². The Kier molecular flexibility index (Phi) is 5.17. The molecule has 3 nitrogen and oxygen atoms in total. The second kappa shape index (κ2) is 9.60. The van der Waals surface area contributed by atoms with E-state index in [0.29, 0.717) is 0 Å². The van der Waals surface area contributed by atoms with Gasteiger partial charge in [0.05, 0.1) is 27.8 Å². The number of hydrogen-bond acceptors (Lipinski definition) is 1. The molecule has 0 saturated carbocycles. The number of benzene rings is 7. The third kappa shape index (κ3) is 3.42. The van der Waals surface area contributed by atoms with Crippen molar-refractivity contribution < 1.29 is 0 Å². The molecule has 7 aromatic carbocycles. The van der Waals surface area contributed by atoms with Gasteiger partial charge in [0.1, 0.15) is 6.17 Å². The average molecular weight is 612 g/mol. The zero-order valence-electron chi connectivity index (χ0n) is 26.1. The summed E-state index contributed by atoms with van der Waals surface area (Å²) in [4.78, 5) is 0. The molecule has 0 radical (unpaired) electrons. The molecule has 3 heteroatoms. The van der Waals surface area contributed by atoms with Gasteiger partial charge in [-0.3, -0.25) is 0 Å². The van der Waals surface area contributed by atoms with Gasteiger partial charge in [-0.1, -0.05) is 121 Å². The maximum absolute atomic E-state index is 3.92. The summed E-state index contributed by atoms with van der Waals surface area (Å²) in [6.07, 6.45) is 2.32. The SMILES string of the molecule is C1=C(c2ccccc2)c2ccccc2NC1n1c2ccccc2c2cc3c(cc21)-c1ccccc1-n1c2ccccc2c2cccc-3c21. The minimum Gasteiger partial charge on any atom is -0.361 e. The molecule has 0 aliphatic carbocycles. The van der Waals surface area contributed by atoms with E-state index in [9.17, 15) is 0 Å². The number of anilines is 1. The number of rotatable bonds is 2. The Labute approximate surface area is 277 Å². The molecule has 4 heterocycles. The van der Waals surface area contributed by atoms with E-state index in [1.54, 1.807) is 0 Å². The average Bonchev–Trinajstić information content (AvgIpc) is 3.63. The predicted octanol–water partition coefficient (Wildman–Crippen LogP) is 11.6. The standard InChI is InChI=1S/C45H29N3/c1-2-13-28(14-3-1)35-27-44(46-39-21-8-4-15-29(35)39)47-40-22-9-7-18-32(40)38-25-36-34-20-12-19-33-30-16-5-10-23-41(30)48(45(33)34)42-24-11-6-17-31(42)37(36)26-43(38)47/h1-27,44,46H. The zero-order chi connectivity index (χ0) is 31.3. The fourth-order valence-corrected chi connectivity index (χ4v) is 8.47. The third-order valence-corrected chi connectivity index (χ3v) is 10.5. The first kappa shape index (κ1) is 25.8. The van der Waals surface area contributed by atoms with Crippen molar-refractivity contribution in [3.63, 3.8) is 0 Å². The maximum Gasteiger partial charge on any atom is 0.124 e. The lowest BCUT2D eigenvalue weighted by Crippen LogP contribution is -2.20. The molecule has 11 rings (SSSR count). The molecule has 0 amide bonds. The fourth-order valence-electron chi connectivity index (χ4n) is 8.47. The van der Waals surface area contributed by atoms with Gasteiger partial charge < -0.3 is 14.5 Å². The van der Waals surface area contributed by atoms with Gasteiger partial charge in [-0.2, -0.15) is 0 Å². The largest absolute Gasteiger partial charge is 0.361 e. The van der Waals surface area contributed by atoms with Gasteiger partial charge in [-0.15, -0.1) is 0 Å². The number of fused-ring (bicyclic) bond motifs is 12. The maximum atomic E-state index is 3.92. The molecule has 0 bridgehead atoms.